The van der Waals surface area contributed by atoms with Gasteiger partial charge in [0.15, 0.2) is 6.29 Å². The second-order valence-corrected chi connectivity index (χ2v) is 3.34. The van der Waals surface area contributed by atoms with Crippen molar-refractivity contribution >= 4 is 11.6 Å². The maximum atomic E-state index is 8.87. The SMILES string of the molecule is OCc1ncc(C2OCCO2)cc1Cl. The Kier molecular flexibility index (Phi) is 2.98. The van der Waals surface area contributed by atoms with Crippen LogP contribution < -0.4 is 0 Å². The molecule has 1 aliphatic rings. The second-order valence-electron chi connectivity index (χ2n) is 2.93. The van der Waals surface area contributed by atoms with E-state index in [9.17, 15) is 0 Å². The third kappa shape index (κ3) is 1.88. The van der Waals surface area contributed by atoms with E-state index in [-0.39, 0.29) is 12.9 Å². The molecule has 2 heterocycles. The number of halogens is 1. The lowest BCUT2D eigenvalue weighted by Crippen LogP contribution is -2.00. The minimum absolute atomic E-state index is 0.161. The average Bonchev–Trinajstić information content (AvgIpc) is 2.70. The zero-order valence-corrected chi connectivity index (χ0v) is 8.20. The number of rotatable bonds is 2. The van der Waals surface area contributed by atoms with Crippen LogP contribution in [0.25, 0.3) is 0 Å². The maximum Gasteiger partial charge on any atom is 0.185 e. The fraction of sp³-hybridized carbons (Fsp3) is 0.444. The Morgan fingerprint density at radius 3 is 2.79 bits per heavy atom. The zero-order chi connectivity index (χ0) is 9.97. The summed E-state index contributed by atoms with van der Waals surface area (Å²) in [4.78, 5) is 4.00. The summed E-state index contributed by atoms with van der Waals surface area (Å²) in [6.07, 6.45) is 1.24. The summed E-state index contributed by atoms with van der Waals surface area (Å²) in [5.74, 6) is 0. The Morgan fingerprint density at radius 1 is 1.50 bits per heavy atom. The third-order valence-corrected chi connectivity index (χ3v) is 2.31. The minimum Gasteiger partial charge on any atom is -0.390 e. The van der Waals surface area contributed by atoms with Gasteiger partial charge in [0.2, 0.25) is 0 Å². The first kappa shape index (κ1) is 9.86. The first-order valence-electron chi connectivity index (χ1n) is 4.29. The van der Waals surface area contributed by atoms with E-state index in [1.807, 2.05) is 0 Å². The van der Waals surface area contributed by atoms with Crippen molar-refractivity contribution < 1.29 is 14.6 Å². The van der Waals surface area contributed by atoms with Gasteiger partial charge in [-0.25, -0.2) is 0 Å². The van der Waals surface area contributed by atoms with Crippen LogP contribution in [0.2, 0.25) is 5.02 Å². The van der Waals surface area contributed by atoms with Gasteiger partial charge in [-0.1, -0.05) is 11.6 Å². The van der Waals surface area contributed by atoms with Crippen molar-refractivity contribution in [2.75, 3.05) is 13.2 Å². The molecule has 0 spiro atoms. The predicted octanol–water partition coefficient (Wildman–Crippen LogP) is 1.27. The molecule has 76 valence electrons. The molecule has 0 aliphatic carbocycles. The molecule has 5 heteroatoms. The summed E-state index contributed by atoms with van der Waals surface area (Å²) in [7, 11) is 0. The van der Waals surface area contributed by atoms with Crippen LogP contribution >= 0.6 is 11.6 Å². The van der Waals surface area contributed by atoms with Crippen LogP contribution in [0.4, 0.5) is 0 Å². The summed E-state index contributed by atoms with van der Waals surface area (Å²) in [5, 5.41) is 9.30. The molecule has 0 bridgehead atoms. The second kappa shape index (κ2) is 4.23. The normalized spacial score (nSPS) is 17.6. The van der Waals surface area contributed by atoms with Crippen LogP contribution in [-0.2, 0) is 16.1 Å². The summed E-state index contributed by atoms with van der Waals surface area (Å²) in [6, 6.07) is 1.70. The number of aliphatic hydroxyl groups excluding tert-OH is 1. The summed E-state index contributed by atoms with van der Waals surface area (Å²) < 4.78 is 10.6. The van der Waals surface area contributed by atoms with Crippen molar-refractivity contribution in [2.24, 2.45) is 0 Å². The number of aliphatic hydroxyl groups is 1. The van der Waals surface area contributed by atoms with Gasteiger partial charge in [-0.2, -0.15) is 0 Å². The topological polar surface area (TPSA) is 51.6 Å². The number of aromatic nitrogens is 1. The standard InChI is InChI=1S/C9H10ClNO3/c10-7-3-6(4-11-8(7)5-12)9-13-1-2-14-9/h3-4,9,12H,1-2,5H2. The molecule has 0 amide bonds. The molecule has 1 N–H and O–H groups in total. The lowest BCUT2D eigenvalue weighted by molar-refractivity contribution is -0.0443. The molecule has 0 radical (unpaired) electrons. The van der Waals surface area contributed by atoms with Crippen LogP contribution in [-0.4, -0.2) is 23.3 Å². The number of hydrogen-bond donors (Lipinski definition) is 1. The highest BCUT2D eigenvalue weighted by Crippen LogP contribution is 2.25. The van der Waals surface area contributed by atoms with Crippen LogP contribution in [0.5, 0.6) is 0 Å². The average molecular weight is 216 g/mol. The molecule has 0 atom stereocenters. The summed E-state index contributed by atoms with van der Waals surface area (Å²) in [5.41, 5.74) is 1.25. The van der Waals surface area contributed by atoms with E-state index in [4.69, 9.17) is 26.2 Å². The summed E-state index contributed by atoms with van der Waals surface area (Å²) >= 11 is 5.87. The number of pyridine rings is 1. The van der Waals surface area contributed by atoms with E-state index < -0.39 is 0 Å². The molecule has 1 fully saturated rings. The first-order valence-corrected chi connectivity index (χ1v) is 4.67. The highest BCUT2D eigenvalue weighted by Gasteiger charge is 2.19. The van der Waals surface area contributed by atoms with Crippen LogP contribution in [0.3, 0.4) is 0 Å². The van der Waals surface area contributed by atoms with Gasteiger partial charge >= 0.3 is 0 Å². The van der Waals surface area contributed by atoms with Crippen LogP contribution in [0, 0.1) is 0 Å². The smallest absolute Gasteiger partial charge is 0.185 e. The monoisotopic (exact) mass is 215 g/mol. The van der Waals surface area contributed by atoms with Gasteiger partial charge in [-0.3, -0.25) is 4.98 Å². The zero-order valence-electron chi connectivity index (χ0n) is 7.44. The molecule has 1 aliphatic heterocycles. The summed E-state index contributed by atoms with van der Waals surface area (Å²) in [6.45, 7) is 1.01. The van der Waals surface area contributed by atoms with Crippen molar-refractivity contribution in [3.05, 3.63) is 28.5 Å². The Hall–Kier alpha value is -0.680. The highest BCUT2D eigenvalue weighted by molar-refractivity contribution is 6.31. The Bertz CT molecular complexity index is 326. The Labute approximate surface area is 86.4 Å². The quantitative estimate of drug-likeness (QED) is 0.808. The maximum absolute atomic E-state index is 8.87. The van der Waals surface area contributed by atoms with Gasteiger partial charge in [0.05, 0.1) is 30.5 Å². The fourth-order valence-corrected chi connectivity index (χ4v) is 1.51. The van der Waals surface area contributed by atoms with E-state index in [2.05, 4.69) is 4.98 Å². The van der Waals surface area contributed by atoms with Gasteiger partial charge in [0, 0.05) is 11.8 Å². The van der Waals surface area contributed by atoms with Crippen molar-refractivity contribution in [1.82, 2.24) is 4.98 Å². The third-order valence-electron chi connectivity index (χ3n) is 1.98. The molecular formula is C9H10ClNO3. The van der Waals surface area contributed by atoms with E-state index in [1.54, 1.807) is 12.3 Å². The van der Waals surface area contributed by atoms with Gasteiger partial charge in [0.1, 0.15) is 0 Å². The Morgan fingerprint density at radius 2 is 2.21 bits per heavy atom. The van der Waals surface area contributed by atoms with E-state index in [0.717, 1.165) is 5.56 Å². The van der Waals surface area contributed by atoms with Crippen molar-refractivity contribution in [3.63, 3.8) is 0 Å². The molecule has 0 saturated carbocycles. The van der Waals surface area contributed by atoms with Gasteiger partial charge in [-0.15, -0.1) is 0 Å². The fourth-order valence-electron chi connectivity index (χ4n) is 1.28. The lowest BCUT2D eigenvalue weighted by atomic mass is 10.2. The molecular weight excluding hydrogens is 206 g/mol. The van der Waals surface area contributed by atoms with E-state index >= 15 is 0 Å². The van der Waals surface area contributed by atoms with Crippen molar-refractivity contribution in [2.45, 2.75) is 12.9 Å². The van der Waals surface area contributed by atoms with Gasteiger partial charge in [-0.05, 0) is 6.07 Å². The molecule has 2 rings (SSSR count). The van der Waals surface area contributed by atoms with Crippen molar-refractivity contribution in [1.29, 1.82) is 0 Å². The number of hydrogen-bond acceptors (Lipinski definition) is 4. The molecule has 4 nitrogen and oxygen atoms in total. The molecule has 1 aromatic heterocycles. The van der Waals surface area contributed by atoms with Gasteiger partial charge < -0.3 is 14.6 Å². The minimum atomic E-state index is -0.368. The van der Waals surface area contributed by atoms with E-state index in [1.165, 1.54) is 0 Å². The van der Waals surface area contributed by atoms with Crippen LogP contribution in [0.1, 0.15) is 17.5 Å². The largest absolute Gasteiger partial charge is 0.390 e. The molecule has 1 aromatic rings. The molecule has 0 aromatic carbocycles. The number of ether oxygens (including phenoxy) is 2. The Balaban J connectivity index is 2.23. The van der Waals surface area contributed by atoms with Crippen molar-refractivity contribution in [3.8, 4) is 0 Å². The van der Waals surface area contributed by atoms with E-state index in [0.29, 0.717) is 23.9 Å². The molecule has 1 saturated heterocycles. The molecule has 0 unspecified atom stereocenters. The molecule has 14 heavy (non-hydrogen) atoms. The highest BCUT2D eigenvalue weighted by atomic mass is 35.5. The lowest BCUT2D eigenvalue weighted by Gasteiger charge is -2.09. The number of nitrogens with zero attached hydrogens (tertiary/aromatic N) is 1. The van der Waals surface area contributed by atoms with Crippen LogP contribution in [0.15, 0.2) is 12.3 Å². The van der Waals surface area contributed by atoms with Gasteiger partial charge in [0.25, 0.3) is 0 Å². The first-order chi connectivity index (χ1) is 6.81. The predicted molar refractivity (Wildman–Crippen MR) is 49.8 cm³/mol.